The quantitative estimate of drug-likeness (QED) is 0.807. The van der Waals surface area contributed by atoms with E-state index in [0.29, 0.717) is 17.0 Å². The molecule has 5 nitrogen and oxygen atoms in total. The molecule has 1 aromatic heterocycles. The number of hydrogen-bond acceptors (Lipinski definition) is 4. The number of ether oxygens (including phenoxy) is 2. The van der Waals surface area contributed by atoms with Gasteiger partial charge in [0.15, 0.2) is 5.75 Å². The zero-order valence-corrected chi connectivity index (χ0v) is 11.4. The highest BCUT2D eigenvalue weighted by Crippen LogP contribution is 2.20. The van der Waals surface area contributed by atoms with Crippen LogP contribution in [0.25, 0.3) is 0 Å². The van der Waals surface area contributed by atoms with E-state index in [1.165, 1.54) is 7.11 Å². The van der Waals surface area contributed by atoms with Crippen molar-refractivity contribution in [2.45, 2.75) is 13.0 Å². The SMILES string of the molecule is COCC(=O)NC(C)COc1cccnc1Br. The van der Waals surface area contributed by atoms with Gasteiger partial charge in [0.2, 0.25) is 5.91 Å². The Morgan fingerprint density at radius 1 is 1.65 bits per heavy atom. The lowest BCUT2D eigenvalue weighted by molar-refractivity contribution is -0.125. The maximum Gasteiger partial charge on any atom is 0.246 e. The number of carbonyl (C=O) groups is 1. The molecule has 1 heterocycles. The van der Waals surface area contributed by atoms with Crippen LogP contribution in [0, 0.1) is 0 Å². The molecule has 0 fully saturated rings. The smallest absolute Gasteiger partial charge is 0.246 e. The van der Waals surface area contributed by atoms with Crippen LogP contribution < -0.4 is 10.1 Å². The minimum Gasteiger partial charge on any atom is -0.489 e. The van der Waals surface area contributed by atoms with Crippen molar-refractivity contribution >= 4 is 21.8 Å². The van der Waals surface area contributed by atoms with Gasteiger partial charge in [-0.15, -0.1) is 0 Å². The van der Waals surface area contributed by atoms with Crippen LogP contribution in [-0.4, -0.2) is 37.3 Å². The van der Waals surface area contributed by atoms with Crippen LogP contribution >= 0.6 is 15.9 Å². The molecular formula is C11H15BrN2O3. The lowest BCUT2D eigenvalue weighted by Crippen LogP contribution is -2.38. The molecule has 0 aromatic carbocycles. The number of halogens is 1. The monoisotopic (exact) mass is 302 g/mol. The van der Waals surface area contributed by atoms with Gasteiger partial charge >= 0.3 is 0 Å². The summed E-state index contributed by atoms with van der Waals surface area (Å²) in [6.07, 6.45) is 1.67. The van der Waals surface area contributed by atoms with Gasteiger partial charge in [-0.25, -0.2) is 4.98 Å². The zero-order valence-electron chi connectivity index (χ0n) is 9.77. The van der Waals surface area contributed by atoms with E-state index in [2.05, 4.69) is 26.2 Å². The summed E-state index contributed by atoms with van der Waals surface area (Å²) in [7, 11) is 1.48. The van der Waals surface area contributed by atoms with Gasteiger partial charge < -0.3 is 14.8 Å². The predicted molar refractivity (Wildman–Crippen MR) is 66.9 cm³/mol. The Kier molecular flexibility index (Phi) is 5.93. The molecule has 1 N–H and O–H groups in total. The van der Waals surface area contributed by atoms with E-state index in [4.69, 9.17) is 9.47 Å². The van der Waals surface area contributed by atoms with Gasteiger partial charge in [0.1, 0.15) is 17.8 Å². The Morgan fingerprint density at radius 3 is 3.06 bits per heavy atom. The third-order valence-corrected chi connectivity index (χ3v) is 2.49. The summed E-state index contributed by atoms with van der Waals surface area (Å²) in [5, 5.41) is 2.75. The topological polar surface area (TPSA) is 60.5 Å². The molecule has 0 bridgehead atoms. The van der Waals surface area contributed by atoms with Crippen molar-refractivity contribution in [3.63, 3.8) is 0 Å². The van der Waals surface area contributed by atoms with Crippen LogP contribution in [0.1, 0.15) is 6.92 Å². The number of nitrogens with zero attached hydrogens (tertiary/aromatic N) is 1. The minimum absolute atomic E-state index is 0.0565. The van der Waals surface area contributed by atoms with E-state index < -0.39 is 0 Å². The lowest BCUT2D eigenvalue weighted by Gasteiger charge is -2.15. The number of methoxy groups -OCH3 is 1. The summed E-state index contributed by atoms with van der Waals surface area (Å²) in [6, 6.07) is 3.50. The standard InChI is InChI=1S/C11H15BrN2O3/c1-8(14-10(15)7-16-2)6-17-9-4-3-5-13-11(9)12/h3-5,8H,6-7H2,1-2H3,(H,14,15). The van der Waals surface area contributed by atoms with E-state index in [1.807, 2.05) is 6.92 Å². The van der Waals surface area contributed by atoms with Crippen LogP contribution in [0.15, 0.2) is 22.9 Å². The van der Waals surface area contributed by atoms with Gasteiger partial charge in [0, 0.05) is 13.3 Å². The highest BCUT2D eigenvalue weighted by molar-refractivity contribution is 9.10. The average molecular weight is 303 g/mol. The highest BCUT2D eigenvalue weighted by atomic mass is 79.9. The summed E-state index contributed by atoms with van der Waals surface area (Å²) >= 11 is 3.28. The van der Waals surface area contributed by atoms with Gasteiger partial charge in [-0.05, 0) is 35.0 Å². The first-order chi connectivity index (χ1) is 8.13. The number of amides is 1. The molecule has 6 heteroatoms. The number of aromatic nitrogens is 1. The molecule has 1 atom stereocenters. The third kappa shape index (κ3) is 5.14. The van der Waals surface area contributed by atoms with E-state index in [-0.39, 0.29) is 18.6 Å². The summed E-state index contributed by atoms with van der Waals surface area (Å²) < 4.78 is 10.9. The molecule has 0 aliphatic rings. The average Bonchev–Trinajstić information content (AvgIpc) is 2.28. The summed E-state index contributed by atoms with van der Waals surface area (Å²) in [4.78, 5) is 15.3. The molecule has 0 aliphatic heterocycles. The van der Waals surface area contributed by atoms with Gasteiger partial charge in [-0.1, -0.05) is 0 Å². The zero-order chi connectivity index (χ0) is 12.7. The molecule has 1 aromatic rings. The molecule has 1 rings (SSSR count). The van der Waals surface area contributed by atoms with Crippen molar-refractivity contribution in [1.82, 2.24) is 10.3 Å². The first kappa shape index (κ1) is 13.9. The minimum atomic E-state index is -0.158. The molecule has 94 valence electrons. The molecule has 1 unspecified atom stereocenters. The Balaban J connectivity index is 2.35. The molecule has 17 heavy (non-hydrogen) atoms. The van der Waals surface area contributed by atoms with E-state index in [1.54, 1.807) is 18.3 Å². The van der Waals surface area contributed by atoms with Crippen molar-refractivity contribution in [1.29, 1.82) is 0 Å². The fourth-order valence-electron chi connectivity index (χ4n) is 1.18. The van der Waals surface area contributed by atoms with Crippen LogP contribution in [0.3, 0.4) is 0 Å². The second kappa shape index (κ2) is 7.24. The number of rotatable bonds is 6. The maximum atomic E-state index is 11.2. The van der Waals surface area contributed by atoms with Crippen LogP contribution in [0.5, 0.6) is 5.75 Å². The molecule has 0 radical (unpaired) electrons. The van der Waals surface area contributed by atoms with Crippen LogP contribution in [0.2, 0.25) is 0 Å². The van der Waals surface area contributed by atoms with Gasteiger partial charge in [-0.3, -0.25) is 4.79 Å². The van der Waals surface area contributed by atoms with Crippen molar-refractivity contribution in [2.24, 2.45) is 0 Å². The number of nitrogens with one attached hydrogen (secondary N) is 1. The molecular weight excluding hydrogens is 288 g/mol. The molecule has 1 amide bonds. The predicted octanol–water partition coefficient (Wildman–Crippen LogP) is 1.37. The maximum absolute atomic E-state index is 11.2. The summed E-state index contributed by atoms with van der Waals surface area (Å²) in [5.74, 6) is 0.495. The van der Waals surface area contributed by atoms with E-state index in [0.717, 1.165) is 0 Å². The van der Waals surface area contributed by atoms with Gasteiger partial charge in [0.05, 0.1) is 6.04 Å². The molecule has 0 saturated heterocycles. The van der Waals surface area contributed by atoms with Crippen molar-refractivity contribution < 1.29 is 14.3 Å². The molecule has 0 aliphatic carbocycles. The Labute approximate surface area is 109 Å². The fraction of sp³-hybridized carbons (Fsp3) is 0.455. The third-order valence-electron chi connectivity index (χ3n) is 1.90. The molecule has 0 saturated carbocycles. The normalized spacial score (nSPS) is 11.9. The first-order valence-electron chi connectivity index (χ1n) is 5.15. The second-order valence-electron chi connectivity index (χ2n) is 3.50. The van der Waals surface area contributed by atoms with Crippen molar-refractivity contribution in [2.75, 3.05) is 20.3 Å². The second-order valence-corrected chi connectivity index (χ2v) is 4.26. The Morgan fingerprint density at radius 2 is 2.41 bits per heavy atom. The van der Waals surface area contributed by atoms with E-state index in [9.17, 15) is 4.79 Å². The number of hydrogen-bond donors (Lipinski definition) is 1. The van der Waals surface area contributed by atoms with Gasteiger partial charge in [0.25, 0.3) is 0 Å². The molecule has 0 spiro atoms. The lowest BCUT2D eigenvalue weighted by atomic mass is 10.3. The van der Waals surface area contributed by atoms with Crippen LogP contribution in [-0.2, 0) is 9.53 Å². The number of pyridine rings is 1. The summed E-state index contributed by atoms with van der Waals surface area (Å²) in [6.45, 7) is 2.29. The van der Waals surface area contributed by atoms with E-state index >= 15 is 0 Å². The highest BCUT2D eigenvalue weighted by Gasteiger charge is 2.08. The van der Waals surface area contributed by atoms with Crippen molar-refractivity contribution in [3.05, 3.63) is 22.9 Å². The van der Waals surface area contributed by atoms with Gasteiger partial charge in [-0.2, -0.15) is 0 Å². The largest absolute Gasteiger partial charge is 0.489 e. The fourth-order valence-corrected chi connectivity index (χ4v) is 1.55. The first-order valence-corrected chi connectivity index (χ1v) is 5.94. The summed E-state index contributed by atoms with van der Waals surface area (Å²) in [5.41, 5.74) is 0. The number of carbonyl (C=O) groups excluding carboxylic acids is 1. The van der Waals surface area contributed by atoms with Crippen LogP contribution in [0.4, 0.5) is 0 Å². The van der Waals surface area contributed by atoms with Crippen molar-refractivity contribution in [3.8, 4) is 5.75 Å². The Hall–Kier alpha value is -1.14. The Bertz CT molecular complexity index is 373.